The van der Waals surface area contributed by atoms with E-state index in [9.17, 15) is 23.8 Å². The fraction of sp³-hybridized carbons (Fsp3) is 0.630. The highest BCUT2D eigenvalue weighted by atomic mass is 35.5. The van der Waals surface area contributed by atoms with Crippen LogP contribution in [0.25, 0.3) is 11.2 Å². The Morgan fingerprint density at radius 2 is 1.60 bits per heavy atom. The quantitative estimate of drug-likeness (QED) is 0.339. The number of alkyl halides is 2. The zero-order valence-corrected chi connectivity index (χ0v) is 24.5. The highest BCUT2D eigenvalue weighted by molar-refractivity contribution is 6.32. The number of anilines is 3. The molecular formula is C27H38ClF2N7O3. The van der Waals surface area contributed by atoms with Gasteiger partial charge in [0.2, 0.25) is 5.95 Å². The van der Waals surface area contributed by atoms with Crippen LogP contribution in [-0.2, 0) is 13.1 Å². The van der Waals surface area contributed by atoms with Gasteiger partial charge < -0.3 is 20.4 Å². The molecular weight excluding hydrogens is 544 g/mol. The zero-order valence-electron chi connectivity index (χ0n) is 23.7. The summed E-state index contributed by atoms with van der Waals surface area (Å²) in [6.07, 6.45) is 3.65. The van der Waals surface area contributed by atoms with E-state index in [1.54, 1.807) is 49.4 Å². The van der Waals surface area contributed by atoms with Crippen LogP contribution in [0.1, 0.15) is 54.4 Å². The Morgan fingerprint density at radius 3 is 2.17 bits per heavy atom. The number of halogens is 3. The maximum atomic E-state index is 14.4. The van der Waals surface area contributed by atoms with Gasteiger partial charge in [0.25, 0.3) is 5.92 Å². The minimum Gasteiger partial charge on any atom is -0.390 e. The smallest absolute Gasteiger partial charge is 0.330 e. The lowest BCUT2D eigenvalue weighted by molar-refractivity contribution is -0.105. The molecule has 10 nitrogen and oxygen atoms in total. The first-order valence-corrected chi connectivity index (χ1v) is 13.8. The van der Waals surface area contributed by atoms with Crippen LogP contribution in [0.15, 0.2) is 23.3 Å². The van der Waals surface area contributed by atoms with Crippen LogP contribution < -0.4 is 15.9 Å². The maximum absolute atomic E-state index is 14.4. The second-order valence-corrected chi connectivity index (χ2v) is 12.6. The molecule has 0 bridgehead atoms. The Bertz CT molecular complexity index is 1410. The highest BCUT2D eigenvalue weighted by Gasteiger charge is 2.47. The molecule has 1 saturated heterocycles. The molecule has 3 N–H and O–H groups in total. The number of rotatable bonds is 9. The molecule has 220 valence electrons. The van der Waals surface area contributed by atoms with Gasteiger partial charge in [0, 0.05) is 38.0 Å². The van der Waals surface area contributed by atoms with Gasteiger partial charge in [0.1, 0.15) is 5.02 Å². The minimum absolute atomic E-state index is 0.109. The number of pyridine rings is 1. The van der Waals surface area contributed by atoms with Crippen molar-refractivity contribution in [1.82, 2.24) is 24.1 Å². The van der Waals surface area contributed by atoms with E-state index in [2.05, 4.69) is 20.3 Å². The van der Waals surface area contributed by atoms with E-state index in [1.807, 2.05) is 0 Å². The van der Waals surface area contributed by atoms with Crippen molar-refractivity contribution in [2.45, 2.75) is 84.6 Å². The fourth-order valence-corrected chi connectivity index (χ4v) is 4.95. The lowest BCUT2D eigenvalue weighted by Crippen LogP contribution is -2.52. The molecule has 1 aliphatic rings. The van der Waals surface area contributed by atoms with Gasteiger partial charge in [-0.25, -0.2) is 23.5 Å². The topological polar surface area (TPSA) is 121 Å². The molecule has 0 amide bonds. The van der Waals surface area contributed by atoms with Crippen molar-refractivity contribution in [3.05, 3.63) is 34.0 Å². The average molecular weight is 582 g/mol. The van der Waals surface area contributed by atoms with Crippen LogP contribution in [0.5, 0.6) is 0 Å². The number of nitrogens with zero attached hydrogens (tertiary/aromatic N) is 6. The summed E-state index contributed by atoms with van der Waals surface area (Å²) in [4.78, 5) is 28.4. The van der Waals surface area contributed by atoms with Gasteiger partial charge >= 0.3 is 5.69 Å². The first kappa shape index (κ1) is 30.1. The van der Waals surface area contributed by atoms with Crippen molar-refractivity contribution in [1.29, 1.82) is 0 Å². The summed E-state index contributed by atoms with van der Waals surface area (Å²) in [7, 11) is 0. The van der Waals surface area contributed by atoms with Gasteiger partial charge in [-0.1, -0.05) is 25.4 Å². The van der Waals surface area contributed by atoms with Crippen LogP contribution in [0.4, 0.5) is 26.2 Å². The fourth-order valence-electron chi connectivity index (χ4n) is 4.81. The minimum atomic E-state index is -2.77. The Balaban J connectivity index is 1.67. The number of imidazole rings is 1. The molecule has 4 rings (SSSR count). The van der Waals surface area contributed by atoms with E-state index in [4.69, 9.17) is 11.6 Å². The summed E-state index contributed by atoms with van der Waals surface area (Å²) in [5, 5.41) is 23.9. The first-order valence-electron chi connectivity index (χ1n) is 13.4. The Morgan fingerprint density at radius 1 is 1.02 bits per heavy atom. The van der Waals surface area contributed by atoms with Crippen molar-refractivity contribution in [2.24, 2.45) is 11.8 Å². The number of nitrogens with one attached hydrogen (secondary N) is 1. The summed E-state index contributed by atoms with van der Waals surface area (Å²) < 4.78 is 31.8. The molecule has 0 saturated carbocycles. The van der Waals surface area contributed by atoms with Crippen LogP contribution in [0, 0.1) is 11.8 Å². The van der Waals surface area contributed by atoms with E-state index < -0.39 is 29.0 Å². The number of piperidine rings is 1. The summed E-state index contributed by atoms with van der Waals surface area (Å²) in [5.74, 6) is -3.93. The van der Waals surface area contributed by atoms with Crippen molar-refractivity contribution in [2.75, 3.05) is 23.3 Å². The van der Waals surface area contributed by atoms with Crippen molar-refractivity contribution >= 4 is 40.2 Å². The summed E-state index contributed by atoms with van der Waals surface area (Å²) >= 11 is 6.39. The maximum Gasteiger partial charge on any atom is 0.330 e. The SMILES string of the molecule is C[C@@H]1CN(c2ncc(Cl)c(Nc3cnc4c(c3)n(CCC(C)(C)O)c(=O)n4CCC(C)(C)O)n2)C[C@H](C)C1(F)F. The molecule has 0 spiro atoms. The van der Waals surface area contributed by atoms with E-state index in [0.717, 1.165) is 0 Å². The number of hydrogen-bond acceptors (Lipinski definition) is 8. The Kier molecular flexibility index (Phi) is 8.19. The molecule has 1 aliphatic heterocycles. The first-order chi connectivity index (χ1) is 18.5. The van der Waals surface area contributed by atoms with Gasteiger partial charge in [0.05, 0.1) is 34.8 Å². The van der Waals surface area contributed by atoms with E-state index in [1.165, 1.54) is 24.6 Å². The van der Waals surface area contributed by atoms with Crippen LogP contribution in [-0.4, -0.2) is 64.5 Å². The predicted octanol–water partition coefficient (Wildman–Crippen LogP) is 4.43. The summed E-state index contributed by atoms with van der Waals surface area (Å²) in [5.41, 5.74) is -0.751. The molecule has 0 aliphatic carbocycles. The second kappa shape index (κ2) is 10.9. The van der Waals surface area contributed by atoms with Crippen molar-refractivity contribution in [3.8, 4) is 0 Å². The van der Waals surface area contributed by atoms with Crippen LogP contribution >= 0.6 is 11.6 Å². The van der Waals surface area contributed by atoms with E-state index in [-0.39, 0.29) is 48.7 Å². The van der Waals surface area contributed by atoms with E-state index in [0.29, 0.717) is 29.7 Å². The van der Waals surface area contributed by atoms with Gasteiger partial charge in [-0.2, -0.15) is 4.98 Å². The molecule has 4 heterocycles. The molecule has 3 aromatic rings. The predicted molar refractivity (Wildman–Crippen MR) is 152 cm³/mol. The Hall–Kier alpha value is -2.83. The molecule has 13 heteroatoms. The molecule has 0 radical (unpaired) electrons. The molecule has 0 aromatic carbocycles. The normalized spacial score (nSPS) is 19.8. The average Bonchev–Trinajstić information content (AvgIpc) is 3.10. The van der Waals surface area contributed by atoms with Crippen molar-refractivity contribution < 1.29 is 19.0 Å². The van der Waals surface area contributed by atoms with Gasteiger partial charge in [-0.05, 0) is 46.6 Å². The molecule has 2 atom stereocenters. The highest BCUT2D eigenvalue weighted by Crippen LogP contribution is 2.39. The number of aliphatic hydroxyl groups is 2. The van der Waals surface area contributed by atoms with Gasteiger partial charge in [-0.3, -0.25) is 9.13 Å². The third-order valence-corrected chi connectivity index (χ3v) is 7.61. The van der Waals surface area contributed by atoms with Gasteiger partial charge in [-0.15, -0.1) is 0 Å². The molecule has 3 aromatic heterocycles. The summed E-state index contributed by atoms with van der Waals surface area (Å²) in [6.45, 7) is 10.5. The summed E-state index contributed by atoms with van der Waals surface area (Å²) in [6, 6.07) is 1.75. The second-order valence-electron chi connectivity index (χ2n) is 12.2. The number of aryl methyl sites for hydroxylation is 2. The molecule has 0 unspecified atom stereocenters. The molecule has 1 fully saturated rings. The monoisotopic (exact) mass is 581 g/mol. The van der Waals surface area contributed by atoms with Crippen molar-refractivity contribution in [3.63, 3.8) is 0 Å². The number of aromatic nitrogens is 5. The zero-order chi connectivity index (χ0) is 29.6. The third kappa shape index (κ3) is 6.55. The van der Waals surface area contributed by atoms with Crippen LogP contribution in [0.2, 0.25) is 5.02 Å². The third-order valence-electron chi connectivity index (χ3n) is 7.33. The van der Waals surface area contributed by atoms with Crippen LogP contribution in [0.3, 0.4) is 0 Å². The van der Waals surface area contributed by atoms with E-state index >= 15 is 0 Å². The molecule has 40 heavy (non-hydrogen) atoms. The lowest BCUT2D eigenvalue weighted by atomic mass is 9.87. The lowest BCUT2D eigenvalue weighted by Gasteiger charge is -2.41. The number of fused-ring (bicyclic) bond motifs is 1. The van der Waals surface area contributed by atoms with Gasteiger partial charge in [0.15, 0.2) is 11.5 Å². The largest absolute Gasteiger partial charge is 0.390 e. The standard InChI is InChI=1S/C27H38ClF2N7O3/c1-16-14-35(15-17(2)27(16,29)30)23-32-13-19(28)21(34-23)33-18-11-20-22(31-12-18)37(10-8-26(5,6)40)24(38)36(20)9-7-25(3,4)39/h11-13,16-17,39-40H,7-10,14-15H2,1-6H3,(H,32,33,34)/t16-,17+. The Labute approximate surface area is 237 Å². The number of hydrogen-bond donors (Lipinski definition) is 3.